The van der Waals surface area contributed by atoms with Crippen LogP contribution in [0.3, 0.4) is 0 Å². The molecule has 1 aromatic rings. The average Bonchev–Trinajstić information content (AvgIpc) is 2.01. The highest BCUT2D eigenvalue weighted by Gasteiger charge is 2.08. The van der Waals surface area contributed by atoms with E-state index in [2.05, 4.69) is 0 Å². The van der Waals surface area contributed by atoms with E-state index in [9.17, 15) is 13.2 Å². The summed E-state index contributed by atoms with van der Waals surface area (Å²) in [7, 11) is -4.07. The molecule has 1 N–H and O–H groups in total. The maximum Gasteiger partial charge on any atom is 0.269 e. The molecule has 0 aliphatic rings. The van der Waals surface area contributed by atoms with Gasteiger partial charge in [-0.25, -0.2) is 0 Å². The molecular formula is C8H6ClO4S. The Labute approximate surface area is 86.3 Å². The Kier molecular flexibility index (Phi) is 3.25. The van der Waals surface area contributed by atoms with Crippen molar-refractivity contribution in [3.8, 4) is 0 Å². The molecule has 1 rings (SSSR count). The van der Waals surface area contributed by atoms with E-state index in [0.29, 0.717) is 5.56 Å². The summed E-state index contributed by atoms with van der Waals surface area (Å²) >= 11 is 5.62. The normalized spacial score (nSPS) is 11.3. The van der Waals surface area contributed by atoms with Gasteiger partial charge >= 0.3 is 0 Å². The van der Waals surface area contributed by atoms with E-state index in [1.54, 1.807) is 6.29 Å². The molecule has 4 nitrogen and oxygen atoms in total. The third kappa shape index (κ3) is 3.10. The molecule has 1 aromatic carbocycles. The van der Waals surface area contributed by atoms with Crippen molar-refractivity contribution in [3.63, 3.8) is 0 Å². The van der Waals surface area contributed by atoms with Crippen LogP contribution >= 0.6 is 11.6 Å². The molecule has 0 aromatic heterocycles. The fraction of sp³-hybridized carbons (Fsp3) is 0.125. The monoisotopic (exact) mass is 233 g/mol. The van der Waals surface area contributed by atoms with Crippen molar-refractivity contribution in [2.45, 2.75) is 5.75 Å². The van der Waals surface area contributed by atoms with Gasteiger partial charge in [-0.3, -0.25) is 9.35 Å². The van der Waals surface area contributed by atoms with Crippen LogP contribution in [0, 0.1) is 0 Å². The number of benzene rings is 1. The number of carbonyl (C=O) groups excluding carboxylic acids is 1. The first-order chi connectivity index (χ1) is 6.42. The molecule has 0 fully saturated rings. The van der Waals surface area contributed by atoms with Gasteiger partial charge in [-0.1, -0.05) is 17.7 Å². The van der Waals surface area contributed by atoms with Crippen molar-refractivity contribution in [2.75, 3.05) is 0 Å². The molecule has 0 aliphatic heterocycles. The molecule has 0 heterocycles. The Morgan fingerprint density at radius 3 is 2.50 bits per heavy atom. The SMILES string of the molecule is O=[C]c1ccc(CS(=O)(=O)O)cc1Cl. The highest BCUT2D eigenvalue weighted by Crippen LogP contribution is 2.17. The van der Waals surface area contributed by atoms with E-state index in [4.69, 9.17) is 16.2 Å². The fourth-order valence-corrected chi connectivity index (χ4v) is 1.78. The van der Waals surface area contributed by atoms with E-state index in [1.165, 1.54) is 18.2 Å². The minimum absolute atomic E-state index is 0.112. The van der Waals surface area contributed by atoms with Gasteiger partial charge in [0, 0.05) is 5.56 Å². The predicted molar refractivity (Wildman–Crippen MR) is 51.5 cm³/mol. The van der Waals surface area contributed by atoms with Crippen molar-refractivity contribution >= 4 is 28.0 Å². The van der Waals surface area contributed by atoms with Gasteiger partial charge in [0.15, 0.2) is 0 Å². The number of hydrogen-bond donors (Lipinski definition) is 1. The second kappa shape index (κ2) is 4.08. The van der Waals surface area contributed by atoms with Crippen LogP contribution in [0.5, 0.6) is 0 Å². The Bertz CT molecular complexity index is 452. The van der Waals surface area contributed by atoms with E-state index in [-0.39, 0.29) is 10.6 Å². The average molecular weight is 234 g/mol. The first-order valence-corrected chi connectivity index (χ1v) is 5.53. The minimum Gasteiger partial charge on any atom is -0.285 e. The zero-order valence-electron chi connectivity index (χ0n) is 6.90. The van der Waals surface area contributed by atoms with E-state index >= 15 is 0 Å². The molecular weight excluding hydrogens is 228 g/mol. The van der Waals surface area contributed by atoms with Gasteiger partial charge < -0.3 is 0 Å². The van der Waals surface area contributed by atoms with Crippen LogP contribution in [0.15, 0.2) is 18.2 Å². The zero-order valence-corrected chi connectivity index (χ0v) is 8.47. The Morgan fingerprint density at radius 1 is 1.43 bits per heavy atom. The van der Waals surface area contributed by atoms with Gasteiger partial charge in [-0.05, 0) is 17.7 Å². The summed E-state index contributed by atoms with van der Waals surface area (Å²) in [4.78, 5) is 10.2. The summed E-state index contributed by atoms with van der Waals surface area (Å²) in [6, 6.07) is 4.03. The number of hydrogen-bond acceptors (Lipinski definition) is 3. The third-order valence-electron chi connectivity index (χ3n) is 1.49. The van der Waals surface area contributed by atoms with Gasteiger partial charge in [0.2, 0.25) is 6.29 Å². The van der Waals surface area contributed by atoms with E-state index in [1.807, 2.05) is 0 Å². The number of rotatable bonds is 3. The lowest BCUT2D eigenvalue weighted by molar-refractivity contribution is 0.482. The molecule has 0 saturated carbocycles. The highest BCUT2D eigenvalue weighted by atomic mass is 35.5. The van der Waals surface area contributed by atoms with Crippen molar-refractivity contribution in [3.05, 3.63) is 34.3 Å². The third-order valence-corrected chi connectivity index (χ3v) is 2.50. The largest absolute Gasteiger partial charge is 0.285 e. The smallest absolute Gasteiger partial charge is 0.269 e. The summed E-state index contributed by atoms with van der Waals surface area (Å²) in [6.07, 6.45) is 1.59. The maximum absolute atomic E-state index is 10.5. The minimum atomic E-state index is -4.07. The van der Waals surface area contributed by atoms with Crippen molar-refractivity contribution in [1.29, 1.82) is 0 Å². The molecule has 75 valence electrons. The summed E-state index contributed by atoms with van der Waals surface area (Å²) in [5.74, 6) is -0.522. The van der Waals surface area contributed by atoms with Crippen molar-refractivity contribution in [2.24, 2.45) is 0 Å². The van der Waals surface area contributed by atoms with Crippen LogP contribution in [-0.4, -0.2) is 19.3 Å². The fourth-order valence-electron chi connectivity index (χ4n) is 0.942. The first kappa shape index (κ1) is 11.2. The lowest BCUT2D eigenvalue weighted by Gasteiger charge is -2.00. The number of halogens is 1. The molecule has 0 bridgehead atoms. The van der Waals surface area contributed by atoms with Gasteiger partial charge in [-0.2, -0.15) is 8.42 Å². The second-order valence-corrected chi connectivity index (χ2v) is 4.50. The zero-order chi connectivity index (χ0) is 10.8. The van der Waals surface area contributed by atoms with Gasteiger partial charge in [-0.15, -0.1) is 0 Å². The summed E-state index contributed by atoms with van der Waals surface area (Å²) < 4.78 is 29.5. The Morgan fingerprint density at radius 2 is 2.07 bits per heavy atom. The topological polar surface area (TPSA) is 71.4 Å². The molecule has 6 heteroatoms. The van der Waals surface area contributed by atoms with Gasteiger partial charge in [0.05, 0.1) is 5.02 Å². The standard InChI is InChI=1S/C8H6ClO4S/c9-8-3-6(5-14(11,12)13)1-2-7(8)4-10/h1-3H,5H2,(H,11,12,13). The molecule has 0 amide bonds. The van der Waals surface area contributed by atoms with Crippen LogP contribution in [-0.2, 0) is 20.7 Å². The molecule has 0 spiro atoms. The Hall–Kier alpha value is -0.910. The molecule has 1 radical (unpaired) electrons. The van der Waals surface area contributed by atoms with Gasteiger partial charge in [0.25, 0.3) is 10.1 Å². The van der Waals surface area contributed by atoms with Crippen molar-refractivity contribution in [1.82, 2.24) is 0 Å². The van der Waals surface area contributed by atoms with Crippen LogP contribution in [0.4, 0.5) is 0 Å². The van der Waals surface area contributed by atoms with E-state index < -0.39 is 15.9 Å². The molecule has 0 atom stereocenters. The molecule has 0 saturated heterocycles. The van der Waals surface area contributed by atoms with E-state index in [0.717, 1.165) is 0 Å². The summed E-state index contributed by atoms with van der Waals surface area (Å²) in [6.45, 7) is 0. The first-order valence-electron chi connectivity index (χ1n) is 3.54. The van der Waals surface area contributed by atoms with Gasteiger partial charge in [0.1, 0.15) is 5.75 Å². The quantitative estimate of drug-likeness (QED) is 0.796. The van der Waals surface area contributed by atoms with Crippen LogP contribution in [0.25, 0.3) is 0 Å². The van der Waals surface area contributed by atoms with Crippen LogP contribution in [0.1, 0.15) is 11.1 Å². The van der Waals surface area contributed by atoms with Crippen LogP contribution < -0.4 is 0 Å². The molecule has 0 unspecified atom stereocenters. The maximum atomic E-state index is 10.5. The predicted octanol–water partition coefficient (Wildman–Crippen LogP) is 1.19. The lowest BCUT2D eigenvalue weighted by Crippen LogP contribution is -2.01. The molecule has 14 heavy (non-hydrogen) atoms. The lowest BCUT2D eigenvalue weighted by atomic mass is 10.2. The summed E-state index contributed by atoms with van der Waals surface area (Å²) in [5.41, 5.74) is 0.474. The Balaban J connectivity index is 3.04. The van der Waals surface area contributed by atoms with Crippen molar-refractivity contribution < 1.29 is 17.8 Å². The molecule has 0 aliphatic carbocycles. The second-order valence-electron chi connectivity index (χ2n) is 2.64. The summed E-state index contributed by atoms with van der Waals surface area (Å²) in [5, 5.41) is 0.112. The van der Waals surface area contributed by atoms with Crippen LogP contribution in [0.2, 0.25) is 5.02 Å². The highest BCUT2D eigenvalue weighted by molar-refractivity contribution is 7.85.